The van der Waals surface area contributed by atoms with E-state index in [0.29, 0.717) is 13.1 Å². The van der Waals surface area contributed by atoms with Crippen molar-refractivity contribution in [2.24, 2.45) is 0 Å². The highest BCUT2D eigenvalue weighted by Gasteiger charge is 2.34. The molecule has 8 heteroatoms. The fourth-order valence-electron chi connectivity index (χ4n) is 4.62. The van der Waals surface area contributed by atoms with Gasteiger partial charge in [0.05, 0.1) is 19.1 Å². The number of hydrogen-bond acceptors (Lipinski definition) is 6. The highest BCUT2D eigenvalue weighted by atomic mass is 32.1. The number of nitrogens with zero attached hydrogens (tertiary/aromatic N) is 3. The van der Waals surface area contributed by atoms with E-state index in [4.69, 9.17) is 0 Å². The lowest BCUT2D eigenvalue weighted by Gasteiger charge is -2.36. The van der Waals surface area contributed by atoms with Gasteiger partial charge in [0.1, 0.15) is 0 Å². The number of rotatable bonds is 5. The number of fused-ring (bicyclic) bond motifs is 1. The van der Waals surface area contributed by atoms with Gasteiger partial charge in [-0.3, -0.25) is 19.4 Å². The summed E-state index contributed by atoms with van der Waals surface area (Å²) in [6.45, 7) is 11.1. The quantitative estimate of drug-likeness (QED) is 0.723. The monoisotopic (exact) mass is 474 g/mol. The summed E-state index contributed by atoms with van der Waals surface area (Å²) < 4.78 is 0. The highest BCUT2D eigenvalue weighted by molar-refractivity contribution is 7.10. The van der Waals surface area contributed by atoms with Gasteiger partial charge in [0, 0.05) is 34.9 Å². The zero-order valence-corrected chi connectivity index (χ0v) is 20.9. The van der Waals surface area contributed by atoms with E-state index in [1.54, 1.807) is 22.7 Å². The Balaban J connectivity index is 1.36. The molecule has 6 nitrogen and oxygen atoms in total. The molecule has 0 saturated carbocycles. The minimum atomic E-state index is -0.211. The predicted molar refractivity (Wildman–Crippen MR) is 131 cm³/mol. The third-order valence-electron chi connectivity index (χ3n) is 6.02. The first-order valence-corrected chi connectivity index (χ1v) is 13.2. The highest BCUT2D eigenvalue weighted by Crippen LogP contribution is 2.39. The van der Waals surface area contributed by atoms with E-state index in [0.717, 1.165) is 45.6 Å². The van der Waals surface area contributed by atoms with Crippen LogP contribution >= 0.6 is 22.7 Å². The van der Waals surface area contributed by atoms with Crippen molar-refractivity contribution in [2.45, 2.75) is 45.2 Å². The zero-order chi connectivity index (χ0) is 22.7. The number of carbonyl (C=O) groups is 2. The topological polar surface area (TPSA) is 55.9 Å². The molecule has 1 atom stereocenters. The molecule has 4 rings (SSSR count). The van der Waals surface area contributed by atoms with Gasteiger partial charge in [0.15, 0.2) is 0 Å². The summed E-state index contributed by atoms with van der Waals surface area (Å²) in [4.78, 5) is 35.0. The lowest BCUT2D eigenvalue weighted by molar-refractivity contribution is -0.134. The fourth-order valence-corrected chi connectivity index (χ4v) is 6.38. The Hall–Kier alpha value is -1.74. The molecule has 2 aliphatic heterocycles. The van der Waals surface area contributed by atoms with Gasteiger partial charge >= 0.3 is 0 Å². The van der Waals surface area contributed by atoms with Gasteiger partial charge in [-0.1, -0.05) is 6.07 Å². The van der Waals surface area contributed by atoms with E-state index in [1.807, 2.05) is 20.8 Å². The Morgan fingerprint density at radius 3 is 2.44 bits per heavy atom. The normalized spacial score (nSPS) is 20.6. The fraction of sp³-hybridized carbons (Fsp3) is 0.583. The summed E-state index contributed by atoms with van der Waals surface area (Å²) in [5, 5.41) is 7.29. The molecule has 2 aliphatic rings. The molecule has 0 unspecified atom stereocenters. The van der Waals surface area contributed by atoms with Crippen LogP contribution in [0.15, 0.2) is 29.0 Å². The third kappa shape index (κ3) is 5.78. The van der Waals surface area contributed by atoms with E-state index in [9.17, 15) is 9.59 Å². The van der Waals surface area contributed by atoms with Gasteiger partial charge < -0.3 is 10.2 Å². The molecule has 2 aromatic heterocycles. The van der Waals surface area contributed by atoms with E-state index < -0.39 is 0 Å². The van der Waals surface area contributed by atoms with Crippen molar-refractivity contribution in [1.82, 2.24) is 20.0 Å². The lowest BCUT2D eigenvalue weighted by atomic mass is 9.98. The Labute approximate surface area is 199 Å². The number of nitrogens with one attached hydrogen (secondary N) is 1. The summed E-state index contributed by atoms with van der Waals surface area (Å²) in [5.74, 6) is 0.278. The summed E-state index contributed by atoms with van der Waals surface area (Å²) in [5.41, 5.74) is 1.08. The Bertz CT molecular complexity index is 919. The van der Waals surface area contributed by atoms with Gasteiger partial charge in [-0.15, -0.1) is 22.7 Å². The molecule has 1 saturated heterocycles. The molecule has 0 spiro atoms. The van der Waals surface area contributed by atoms with Crippen molar-refractivity contribution in [3.05, 3.63) is 44.3 Å². The molecule has 1 fully saturated rings. The first-order chi connectivity index (χ1) is 15.3. The van der Waals surface area contributed by atoms with Crippen LogP contribution in [0.1, 0.15) is 48.6 Å². The van der Waals surface area contributed by atoms with Crippen molar-refractivity contribution in [1.29, 1.82) is 0 Å². The van der Waals surface area contributed by atoms with E-state index in [1.165, 1.54) is 15.3 Å². The minimum absolute atomic E-state index is 0.0436. The van der Waals surface area contributed by atoms with E-state index >= 15 is 0 Å². The van der Waals surface area contributed by atoms with E-state index in [2.05, 4.69) is 49.0 Å². The van der Waals surface area contributed by atoms with Gasteiger partial charge in [-0.05, 0) is 75.2 Å². The Morgan fingerprint density at radius 2 is 1.75 bits per heavy atom. The maximum absolute atomic E-state index is 13.4. The van der Waals surface area contributed by atoms with E-state index in [-0.39, 0.29) is 23.4 Å². The zero-order valence-electron chi connectivity index (χ0n) is 19.3. The van der Waals surface area contributed by atoms with Crippen LogP contribution in [0, 0.1) is 0 Å². The van der Waals surface area contributed by atoms with Crippen molar-refractivity contribution in [2.75, 3.05) is 45.8 Å². The predicted octanol–water partition coefficient (Wildman–Crippen LogP) is 3.21. The maximum atomic E-state index is 13.4. The molecule has 0 aliphatic carbocycles. The molecule has 32 heavy (non-hydrogen) atoms. The van der Waals surface area contributed by atoms with Gasteiger partial charge in [-0.2, -0.15) is 0 Å². The van der Waals surface area contributed by atoms with Crippen molar-refractivity contribution in [3.63, 3.8) is 0 Å². The van der Waals surface area contributed by atoms with Crippen LogP contribution in [-0.2, 0) is 16.0 Å². The molecule has 0 bridgehead atoms. The molecule has 2 amide bonds. The number of amides is 2. The lowest BCUT2D eigenvalue weighted by Crippen LogP contribution is -2.47. The standard InChI is InChI=1S/C24H34N4O2S2/c1-24(2,3)25-21(29)16-26-9-5-10-27(13-12-26)17-22(30)28-11-7-19-18(8-15-32-19)23(28)20-6-4-14-31-20/h4,6,8,14-15,23H,5,7,9-13,16-17H2,1-3H3,(H,25,29)/t23-/m1/s1. The second-order valence-corrected chi connectivity index (χ2v) is 11.7. The molecular formula is C24H34N4O2S2. The van der Waals surface area contributed by atoms with Crippen molar-refractivity contribution >= 4 is 34.5 Å². The summed E-state index contributed by atoms with van der Waals surface area (Å²) >= 11 is 3.53. The van der Waals surface area contributed by atoms with Crippen LogP contribution in [0.5, 0.6) is 0 Å². The van der Waals surface area contributed by atoms with Crippen molar-refractivity contribution < 1.29 is 9.59 Å². The van der Waals surface area contributed by atoms with Crippen LogP contribution in [-0.4, -0.2) is 77.9 Å². The van der Waals surface area contributed by atoms with Crippen LogP contribution in [0.25, 0.3) is 0 Å². The average molecular weight is 475 g/mol. The molecule has 1 N–H and O–H groups in total. The Morgan fingerprint density at radius 1 is 1.00 bits per heavy atom. The maximum Gasteiger partial charge on any atom is 0.237 e. The smallest absolute Gasteiger partial charge is 0.237 e. The molecule has 0 aromatic carbocycles. The number of thiophene rings is 2. The first-order valence-electron chi connectivity index (χ1n) is 11.4. The minimum Gasteiger partial charge on any atom is -0.350 e. The SMILES string of the molecule is CC(C)(C)NC(=O)CN1CCCN(CC(=O)N2CCc3sccc3[C@@H]2c2cccs2)CC1. The number of hydrogen-bond donors (Lipinski definition) is 1. The third-order valence-corrected chi connectivity index (χ3v) is 7.94. The molecule has 0 radical (unpaired) electrons. The molecule has 2 aromatic rings. The summed E-state index contributed by atoms with van der Waals surface area (Å²) in [6, 6.07) is 6.45. The largest absolute Gasteiger partial charge is 0.350 e. The number of carbonyl (C=O) groups excluding carboxylic acids is 2. The van der Waals surface area contributed by atoms with Gasteiger partial charge in [0.2, 0.25) is 11.8 Å². The first kappa shape index (κ1) is 23.4. The Kier molecular flexibility index (Phi) is 7.34. The molecule has 174 valence electrons. The van der Waals surface area contributed by atoms with Crippen LogP contribution in [0.2, 0.25) is 0 Å². The van der Waals surface area contributed by atoms with Crippen LogP contribution < -0.4 is 5.32 Å². The average Bonchev–Trinajstić information content (AvgIpc) is 3.37. The van der Waals surface area contributed by atoms with Gasteiger partial charge in [-0.25, -0.2) is 0 Å². The summed E-state index contributed by atoms with van der Waals surface area (Å²) in [7, 11) is 0. The van der Waals surface area contributed by atoms with Crippen LogP contribution in [0.3, 0.4) is 0 Å². The molecular weight excluding hydrogens is 440 g/mol. The molecule has 4 heterocycles. The second-order valence-electron chi connectivity index (χ2n) is 9.76. The van der Waals surface area contributed by atoms with Crippen molar-refractivity contribution in [3.8, 4) is 0 Å². The van der Waals surface area contributed by atoms with Gasteiger partial charge in [0.25, 0.3) is 0 Å². The van der Waals surface area contributed by atoms with Crippen LogP contribution in [0.4, 0.5) is 0 Å². The summed E-state index contributed by atoms with van der Waals surface area (Å²) in [6.07, 6.45) is 1.91. The second kappa shape index (κ2) is 10.0.